The van der Waals surface area contributed by atoms with Gasteiger partial charge < -0.3 is 9.88 Å². The van der Waals surface area contributed by atoms with Gasteiger partial charge in [-0.15, -0.1) is 0 Å². The fourth-order valence-corrected chi connectivity index (χ4v) is 4.18. The van der Waals surface area contributed by atoms with Crippen LogP contribution < -0.4 is 5.32 Å². The first-order chi connectivity index (χ1) is 13.3. The molecular weight excluding hydrogens is 384 g/mol. The zero-order valence-corrected chi connectivity index (χ0v) is 16.3. The predicted octanol–water partition coefficient (Wildman–Crippen LogP) is 4.97. The van der Waals surface area contributed by atoms with Crippen LogP contribution in [0.1, 0.15) is 43.5 Å². The Hall–Kier alpha value is -2.47. The Morgan fingerprint density at radius 1 is 1.25 bits per heavy atom. The second-order valence-electron chi connectivity index (χ2n) is 7.54. The number of rotatable bonds is 4. The number of carbonyl (C=O) groups excluding carboxylic acids is 1. The molecule has 2 unspecified atom stereocenters. The predicted molar refractivity (Wildman–Crippen MR) is 104 cm³/mol. The van der Waals surface area contributed by atoms with E-state index in [1.807, 2.05) is 32.0 Å². The first-order valence-corrected chi connectivity index (χ1v) is 9.63. The van der Waals surface area contributed by atoms with Crippen molar-refractivity contribution in [2.24, 2.45) is 5.92 Å². The molecule has 2 aromatic carbocycles. The van der Waals surface area contributed by atoms with Crippen LogP contribution in [0.15, 0.2) is 36.7 Å². The Balaban J connectivity index is 1.65. The molecule has 1 N–H and O–H groups in total. The molecule has 0 saturated carbocycles. The number of aromatic nitrogens is 2. The molecule has 28 heavy (non-hydrogen) atoms. The van der Waals surface area contributed by atoms with E-state index in [-0.39, 0.29) is 17.9 Å². The number of nitrogens with one attached hydrogen (secondary N) is 1. The van der Waals surface area contributed by atoms with Gasteiger partial charge in [-0.1, -0.05) is 31.5 Å². The van der Waals surface area contributed by atoms with Gasteiger partial charge >= 0.3 is 0 Å². The van der Waals surface area contributed by atoms with Gasteiger partial charge in [-0.25, -0.2) is 13.8 Å². The molecule has 1 heterocycles. The molecule has 7 heteroatoms. The second kappa shape index (κ2) is 7.17. The number of hydrogen-bond donors (Lipinski definition) is 1. The highest BCUT2D eigenvalue weighted by atomic mass is 35.5. The number of fused-ring (bicyclic) bond motifs is 2. The molecule has 0 spiro atoms. The maximum atomic E-state index is 13.8. The quantitative estimate of drug-likeness (QED) is 0.668. The van der Waals surface area contributed by atoms with Crippen molar-refractivity contribution in [3.63, 3.8) is 0 Å². The van der Waals surface area contributed by atoms with Crippen LogP contribution in [0.3, 0.4) is 0 Å². The first-order valence-electron chi connectivity index (χ1n) is 9.25. The Labute approximate surface area is 166 Å². The topological polar surface area (TPSA) is 46.9 Å². The van der Waals surface area contributed by atoms with Crippen molar-refractivity contribution < 1.29 is 13.6 Å². The maximum Gasteiger partial charge on any atom is 0.243 e. The SMILES string of the molecule is CC(C)C(C(=O)NC1CCc2cc(Cl)ccc21)n1cnc2cc(F)c(F)cc21. The maximum absolute atomic E-state index is 13.8. The minimum absolute atomic E-state index is 0.0726. The van der Waals surface area contributed by atoms with E-state index in [2.05, 4.69) is 10.3 Å². The van der Waals surface area contributed by atoms with Gasteiger partial charge in [0.15, 0.2) is 11.6 Å². The van der Waals surface area contributed by atoms with Gasteiger partial charge in [0.05, 0.1) is 23.4 Å². The zero-order chi connectivity index (χ0) is 20.0. The summed E-state index contributed by atoms with van der Waals surface area (Å²) in [5.74, 6) is -2.16. The van der Waals surface area contributed by atoms with Crippen LogP contribution in [-0.4, -0.2) is 15.5 Å². The molecule has 4 rings (SSSR count). The molecule has 1 aliphatic carbocycles. The number of benzene rings is 2. The summed E-state index contributed by atoms with van der Waals surface area (Å²) in [6.07, 6.45) is 3.12. The third-order valence-electron chi connectivity index (χ3n) is 5.32. The molecular formula is C21H20ClF2N3O. The highest BCUT2D eigenvalue weighted by molar-refractivity contribution is 6.30. The fraction of sp³-hybridized carbons (Fsp3) is 0.333. The minimum Gasteiger partial charge on any atom is -0.347 e. The Morgan fingerprint density at radius 2 is 2.00 bits per heavy atom. The summed E-state index contributed by atoms with van der Waals surface area (Å²) in [5.41, 5.74) is 2.93. The lowest BCUT2D eigenvalue weighted by molar-refractivity contribution is -0.126. The normalized spacial score (nSPS) is 17.1. The van der Waals surface area contributed by atoms with E-state index >= 15 is 0 Å². The van der Waals surface area contributed by atoms with Crippen molar-refractivity contribution in [1.29, 1.82) is 0 Å². The van der Waals surface area contributed by atoms with Crippen LogP contribution in [-0.2, 0) is 11.2 Å². The van der Waals surface area contributed by atoms with Gasteiger partial charge in [0, 0.05) is 17.2 Å². The smallest absolute Gasteiger partial charge is 0.243 e. The number of imidazole rings is 1. The molecule has 1 aromatic heterocycles. The third-order valence-corrected chi connectivity index (χ3v) is 5.55. The molecule has 0 radical (unpaired) electrons. The van der Waals surface area contributed by atoms with Gasteiger partial charge in [0.25, 0.3) is 0 Å². The highest BCUT2D eigenvalue weighted by Crippen LogP contribution is 2.34. The molecule has 0 saturated heterocycles. The van der Waals surface area contributed by atoms with Crippen LogP contribution in [0.4, 0.5) is 8.78 Å². The Morgan fingerprint density at radius 3 is 2.75 bits per heavy atom. The number of nitrogens with zero attached hydrogens (tertiary/aromatic N) is 2. The molecule has 1 amide bonds. The molecule has 4 nitrogen and oxygen atoms in total. The van der Waals surface area contributed by atoms with Crippen molar-refractivity contribution in [1.82, 2.24) is 14.9 Å². The van der Waals surface area contributed by atoms with Crippen molar-refractivity contribution in [3.8, 4) is 0 Å². The molecule has 146 valence electrons. The van der Waals surface area contributed by atoms with E-state index in [4.69, 9.17) is 11.6 Å². The van der Waals surface area contributed by atoms with E-state index in [9.17, 15) is 13.6 Å². The number of halogens is 3. The van der Waals surface area contributed by atoms with Crippen LogP contribution in [0.25, 0.3) is 11.0 Å². The number of hydrogen-bond acceptors (Lipinski definition) is 2. The van der Waals surface area contributed by atoms with E-state index in [1.165, 1.54) is 6.33 Å². The molecule has 1 aliphatic rings. The lowest BCUT2D eigenvalue weighted by atomic mass is 10.0. The van der Waals surface area contributed by atoms with Gasteiger partial charge in [-0.2, -0.15) is 0 Å². The second-order valence-corrected chi connectivity index (χ2v) is 7.98. The van der Waals surface area contributed by atoms with Crippen molar-refractivity contribution in [2.75, 3.05) is 0 Å². The summed E-state index contributed by atoms with van der Waals surface area (Å²) in [5, 5.41) is 3.80. The molecule has 0 bridgehead atoms. The largest absolute Gasteiger partial charge is 0.347 e. The van der Waals surface area contributed by atoms with Crippen LogP contribution in [0.2, 0.25) is 5.02 Å². The van der Waals surface area contributed by atoms with Gasteiger partial charge in [0.1, 0.15) is 6.04 Å². The van der Waals surface area contributed by atoms with Gasteiger partial charge in [-0.3, -0.25) is 4.79 Å². The van der Waals surface area contributed by atoms with Crippen molar-refractivity contribution in [3.05, 3.63) is 64.4 Å². The monoisotopic (exact) mass is 403 g/mol. The summed E-state index contributed by atoms with van der Waals surface area (Å²) < 4.78 is 28.9. The van der Waals surface area contributed by atoms with Gasteiger partial charge in [0.2, 0.25) is 5.91 Å². The molecule has 0 aliphatic heterocycles. The summed E-state index contributed by atoms with van der Waals surface area (Å²) in [7, 11) is 0. The summed E-state index contributed by atoms with van der Waals surface area (Å²) in [6.45, 7) is 3.83. The average Bonchev–Trinajstić information content (AvgIpc) is 3.20. The minimum atomic E-state index is -0.959. The van der Waals surface area contributed by atoms with E-state index in [1.54, 1.807) is 4.57 Å². The standard InChI is InChI=1S/C21H20ClF2N3O/c1-11(2)20(27-10-25-18-8-15(23)16(24)9-19(18)27)21(28)26-17-6-3-12-7-13(22)4-5-14(12)17/h4-5,7-11,17,20H,3,6H2,1-2H3,(H,26,28). The van der Waals surface area contributed by atoms with E-state index in [0.717, 1.165) is 36.1 Å². The van der Waals surface area contributed by atoms with Crippen LogP contribution in [0.5, 0.6) is 0 Å². The lowest BCUT2D eigenvalue weighted by Crippen LogP contribution is -2.37. The van der Waals surface area contributed by atoms with Crippen molar-refractivity contribution >= 4 is 28.5 Å². The average molecular weight is 404 g/mol. The Bertz CT molecular complexity index is 1060. The third kappa shape index (κ3) is 3.26. The first kappa shape index (κ1) is 18.9. The summed E-state index contributed by atoms with van der Waals surface area (Å²) in [6, 6.07) is 7.16. The zero-order valence-electron chi connectivity index (χ0n) is 15.5. The number of aryl methyl sites for hydroxylation is 1. The molecule has 3 aromatic rings. The van der Waals surface area contributed by atoms with E-state index in [0.29, 0.717) is 16.1 Å². The molecule has 0 fully saturated rings. The van der Waals surface area contributed by atoms with Crippen molar-refractivity contribution in [2.45, 2.75) is 38.8 Å². The van der Waals surface area contributed by atoms with E-state index < -0.39 is 17.7 Å². The highest BCUT2D eigenvalue weighted by Gasteiger charge is 2.30. The molecule has 2 atom stereocenters. The summed E-state index contributed by atoms with van der Waals surface area (Å²) >= 11 is 6.06. The number of amides is 1. The van der Waals surface area contributed by atoms with Gasteiger partial charge in [-0.05, 0) is 42.0 Å². The Kier molecular flexibility index (Phi) is 4.83. The van der Waals surface area contributed by atoms with Crippen LogP contribution >= 0.6 is 11.6 Å². The fourth-order valence-electron chi connectivity index (χ4n) is 3.99. The summed E-state index contributed by atoms with van der Waals surface area (Å²) in [4.78, 5) is 17.3. The number of carbonyl (C=O) groups is 1. The lowest BCUT2D eigenvalue weighted by Gasteiger charge is -2.25. The van der Waals surface area contributed by atoms with Crippen LogP contribution in [0, 0.1) is 17.6 Å².